The monoisotopic (exact) mass is 457 g/mol. The fourth-order valence-corrected chi connectivity index (χ4v) is 5.64. The number of carbonyl (C=O) groups excluding carboxylic acids is 1. The second-order valence-electron chi connectivity index (χ2n) is 8.95. The first kappa shape index (κ1) is 23.1. The first-order valence-electron chi connectivity index (χ1n) is 11.9. The van der Waals surface area contributed by atoms with Crippen LogP contribution in [-0.4, -0.2) is 70.1 Å². The van der Waals surface area contributed by atoms with E-state index in [0.717, 1.165) is 62.1 Å². The molecule has 0 aliphatic carbocycles. The zero-order chi connectivity index (χ0) is 22.6. The van der Waals surface area contributed by atoms with Gasteiger partial charge < -0.3 is 14.9 Å². The van der Waals surface area contributed by atoms with Crippen LogP contribution in [0.25, 0.3) is 0 Å². The molecule has 7 nitrogen and oxygen atoms in total. The van der Waals surface area contributed by atoms with Gasteiger partial charge in [-0.1, -0.05) is 19.9 Å². The van der Waals surface area contributed by atoms with Crippen molar-refractivity contribution in [1.29, 1.82) is 0 Å². The van der Waals surface area contributed by atoms with Gasteiger partial charge in [-0.2, -0.15) is 0 Å². The number of piperidine rings is 1. The third kappa shape index (κ3) is 5.13. The topological polar surface area (TPSA) is 72.8 Å². The molecule has 2 aliphatic heterocycles. The highest BCUT2D eigenvalue weighted by molar-refractivity contribution is 7.09. The van der Waals surface area contributed by atoms with E-state index in [1.165, 1.54) is 0 Å². The van der Waals surface area contributed by atoms with Crippen LogP contribution in [-0.2, 0) is 16.9 Å². The fourth-order valence-electron chi connectivity index (χ4n) is 4.71. The first-order valence-corrected chi connectivity index (χ1v) is 12.7. The number of piperazine rings is 1. The van der Waals surface area contributed by atoms with Gasteiger partial charge in [0.1, 0.15) is 16.4 Å². The van der Waals surface area contributed by atoms with Crippen LogP contribution in [0.5, 0.6) is 0 Å². The molecule has 2 aliphatic rings. The van der Waals surface area contributed by atoms with Gasteiger partial charge in [-0.15, -0.1) is 11.3 Å². The summed E-state index contributed by atoms with van der Waals surface area (Å²) in [5.74, 6) is 1.38. The molecular formula is C24H35N5O2S. The van der Waals surface area contributed by atoms with Crippen LogP contribution in [0.1, 0.15) is 50.2 Å². The summed E-state index contributed by atoms with van der Waals surface area (Å²) in [4.78, 5) is 28.6. The van der Waals surface area contributed by atoms with Crippen molar-refractivity contribution >= 4 is 23.1 Å². The minimum Gasteiger partial charge on any atom is -0.383 e. The second-order valence-corrected chi connectivity index (χ2v) is 9.89. The number of anilines is 1. The van der Waals surface area contributed by atoms with Crippen molar-refractivity contribution in [2.75, 3.05) is 44.2 Å². The van der Waals surface area contributed by atoms with Crippen molar-refractivity contribution in [1.82, 2.24) is 19.8 Å². The quantitative estimate of drug-likeness (QED) is 0.689. The van der Waals surface area contributed by atoms with Gasteiger partial charge >= 0.3 is 0 Å². The molecule has 4 rings (SSSR count). The number of carbonyl (C=O) groups is 1. The summed E-state index contributed by atoms with van der Waals surface area (Å²) in [6.07, 6.45) is 4.72. The van der Waals surface area contributed by atoms with E-state index in [1.807, 2.05) is 28.6 Å². The number of aliphatic hydroxyl groups is 1. The summed E-state index contributed by atoms with van der Waals surface area (Å²) in [5.41, 5.74) is -0.142. The van der Waals surface area contributed by atoms with E-state index in [0.29, 0.717) is 25.9 Å². The molecule has 2 saturated heterocycles. The van der Waals surface area contributed by atoms with Gasteiger partial charge in [0.2, 0.25) is 5.91 Å². The molecule has 32 heavy (non-hydrogen) atoms. The standard InChI is InChI=1S/C24H35N5O2S/c1-3-19(4-2)23(30)29-11-8-24(31,9-12-29)20-18-32-22(26-20)17-27-13-15-28(16-14-27)21-7-5-6-10-25-21/h5-7,10,18-19,31H,3-4,8-9,11-17H2,1-2H3. The normalized spacial score (nSPS) is 19.5. The van der Waals surface area contributed by atoms with E-state index in [-0.39, 0.29) is 11.8 Å². The Kier molecular flexibility index (Phi) is 7.43. The van der Waals surface area contributed by atoms with Crippen LogP contribution in [0.4, 0.5) is 5.82 Å². The van der Waals surface area contributed by atoms with Crippen molar-refractivity contribution in [3.8, 4) is 0 Å². The van der Waals surface area contributed by atoms with Gasteiger partial charge in [-0.25, -0.2) is 9.97 Å². The molecule has 0 bridgehead atoms. The molecule has 0 unspecified atom stereocenters. The Morgan fingerprint density at radius 1 is 1.12 bits per heavy atom. The molecular weight excluding hydrogens is 422 g/mol. The maximum atomic E-state index is 12.7. The summed E-state index contributed by atoms with van der Waals surface area (Å²) in [6.45, 7) is 10.0. The van der Waals surface area contributed by atoms with Crippen LogP contribution in [0, 0.1) is 5.92 Å². The lowest BCUT2D eigenvalue weighted by atomic mass is 9.88. The molecule has 0 aromatic carbocycles. The number of hydrogen-bond donors (Lipinski definition) is 1. The van der Waals surface area contributed by atoms with Crippen LogP contribution >= 0.6 is 11.3 Å². The zero-order valence-electron chi connectivity index (χ0n) is 19.2. The maximum absolute atomic E-state index is 12.7. The minimum atomic E-state index is -0.920. The summed E-state index contributed by atoms with van der Waals surface area (Å²) in [6, 6.07) is 6.04. The smallest absolute Gasteiger partial charge is 0.225 e. The number of hydrogen-bond acceptors (Lipinski definition) is 7. The lowest BCUT2D eigenvalue weighted by Crippen LogP contribution is -2.47. The number of pyridine rings is 1. The fraction of sp³-hybridized carbons (Fsp3) is 0.625. The number of thiazole rings is 1. The summed E-state index contributed by atoms with van der Waals surface area (Å²) in [5, 5.41) is 14.3. The second kappa shape index (κ2) is 10.3. The molecule has 2 fully saturated rings. The van der Waals surface area contributed by atoms with Gasteiger partial charge in [0.15, 0.2) is 0 Å². The third-order valence-electron chi connectivity index (χ3n) is 6.97. The molecule has 4 heterocycles. The molecule has 0 saturated carbocycles. The highest BCUT2D eigenvalue weighted by Crippen LogP contribution is 2.34. The van der Waals surface area contributed by atoms with E-state index in [1.54, 1.807) is 11.3 Å². The lowest BCUT2D eigenvalue weighted by Gasteiger charge is -2.38. The summed E-state index contributed by atoms with van der Waals surface area (Å²) in [7, 11) is 0. The molecule has 1 N–H and O–H groups in total. The Balaban J connectivity index is 1.29. The van der Waals surface area contributed by atoms with Gasteiger partial charge in [0, 0.05) is 56.8 Å². The molecule has 0 radical (unpaired) electrons. The van der Waals surface area contributed by atoms with E-state index < -0.39 is 5.60 Å². The SMILES string of the molecule is CCC(CC)C(=O)N1CCC(O)(c2csc(CN3CCN(c4ccccn4)CC3)n2)CC1. The highest BCUT2D eigenvalue weighted by atomic mass is 32.1. The largest absolute Gasteiger partial charge is 0.383 e. The predicted molar refractivity (Wildman–Crippen MR) is 128 cm³/mol. The van der Waals surface area contributed by atoms with Crippen LogP contribution in [0.15, 0.2) is 29.8 Å². The maximum Gasteiger partial charge on any atom is 0.225 e. The van der Waals surface area contributed by atoms with E-state index in [4.69, 9.17) is 4.98 Å². The predicted octanol–water partition coefficient (Wildman–Crippen LogP) is 3.11. The lowest BCUT2D eigenvalue weighted by molar-refractivity contribution is -0.140. The first-order chi connectivity index (χ1) is 15.5. The average molecular weight is 458 g/mol. The summed E-state index contributed by atoms with van der Waals surface area (Å²) < 4.78 is 0. The Hall–Kier alpha value is -2.03. The van der Waals surface area contributed by atoms with Crippen LogP contribution in [0.2, 0.25) is 0 Å². The Morgan fingerprint density at radius 3 is 2.47 bits per heavy atom. The zero-order valence-corrected chi connectivity index (χ0v) is 20.1. The van der Waals surface area contributed by atoms with Crippen molar-refractivity contribution in [3.05, 3.63) is 40.5 Å². The van der Waals surface area contributed by atoms with E-state index in [9.17, 15) is 9.90 Å². The van der Waals surface area contributed by atoms with Crippen LogP contribution < -0.4 is 4.90 Å². The van der Waals surface area contributed by atoms with Crippen LogP contribution in [0.3, 0.4) is 0 Å². The summed E-state index contributed by atoms with van der Waals surface area (Å²) >= 11 is 1.63. The Morgan fingerprint density at radius 2 is 1.84 bits per heavy atom. The van der Waals surface area contributed by atoms with Gasteiger partial charge in [-0.05, 0) is 37.8 Å². The van der Waals surface area contributed by atoms with Crippen molar-refractivity contribution < 1.29 is 9.90 Å². The van der Waals surface area contributed by atoms with E-state index in [2.05, 4.69) is 34.7 Å². The number of aromatic nitrogens is 2. The Labute approximate surface area is 195 Å². The molecule has 8 heteroatoms. The molecule has 2 aromatic heterocycles. The minimum absolute atomic E-state index is 0.102. The number of amides is 1. The Bertz CT molecular complexity index is 870. The van der Waals surface area contributed by atoms with Gasteiger partial charge in [0.25, 0.3) is 0 Å². The molecule has 174 valence electrons. The number of nitrogens with zero attached hydrogens (tertiary/aromatic N) is 5. The van der Waals surface area contributed by atoms with Gasteiger partial charge in [0.05, 0.1) is 12.2 Å². The molecule has 1 amide bonds. The third-order valence-corrected chi connectivity index (χ3v) is 7.80. The number of rotatable bonds is 7. The van der Waals surface area contributed by atoms with Crippen molar-refractivity contribution in [2.45, 2.75) is 51.7 Å². The molecule has 0 atom stereocenters. The molecule has 0 spiro atoms. The molecule has 2 aromatic rings. The van der Waals surface area contributed by atoms with E-state index >= 15 is 0 Å². The highest BCUT2D eigenvalue weighted by Gasteiger charge is 2.38. The average Bonchev–Trinajstić information content (AvgIpc) is 3.31. The van der Waals surface area contributed by atoms with Crippen molar-refractivity contribution in [3.63, 3.8) is 0 Å². The number of likely N-dealkylation sites (tertiary alicyclic amines) is 1. The van der Waals surface area contributed by atoms with Crippen molar-refractivity contribution in [2.24, 2.45) is 5.92 Å². The van der Waals surface area contributed by atoms with Gasteiger partial charge in [-0.3, -0.25) is 9.69 Å².